The van der Waals surface area contributed by atoms with Crippen molar-refractivity contribution in [3.8, 4) is 17.2 Å². The predicted octanol–water partition coefficient (Wildman–Crippen LogP) is 4.12. The van der Waals surface area contributed by atoms with Gasteiger partial charge in [-0.25, -0.2) is 0 Å². The molecule has 0 saturated carbocycles. The van der Waals surface area contributed by atoms with Crippen LogP contribution in [0.1, 0.15) is 24.5 Å². The van der Waals surface area contributed by atoms with Crippen molar-refractivity contribution in [2.75, 3.05) is 19.5 Å². The van der Waals surface area contributed by atoms with Gasteiger partial charge in [0.25, 0.3) is 5.91 Å². The van der Waals surface area contributed by atoms with Crippen LogP contribution in [-0.4, -0.2) is 26.2 Å². The summed E-state index contributed by atoms with van der Waals surface area (Å²) in [6, 6.07) is 11.1. The number of aryl methyl sites for hydroxylation is 2. The first-order valence-corrected chi connectivity index (χ1v) is 8.25. The minimum Gasteiger partial charge on any atom is -0.497 e. The number of carbonyl (C=O) groups excluding carboxylic acids is 1. The molecule has 0 aliphatic heterocycles. The van der Waals surface area contributed by atoms with Gasteiger partial charge in [-0.3, -0.25) is 4.79 Å². The molecule has 0 fully saturated rings. The van der Waals surface area contributed by atoms with Crippen LogP contribution in [0.2, 0.25) is 0 Å². The van der Waals surface area contributed by atoms with Crippen LogP contribution in [-0.2, 0) is 4.79 Å². The summed E-state index contributed by atoms with van der Waals surface area (Å²) in [6.45, 7) is 5.91. The molecule has 134 valence electrons. The zero-order chi connectivity index (χ0) is 18.4. The van der Waals surface area contributed by atoms with Gasteiger partial charge in [0.15, 0.2) is 6.10 Å². The Morgan fingerprint density at radius 3 is 2.40 bits per heavy atom. The minimum absolute atomic E-state index is 0.217. The van der Waals surface area contributed by atoms with Gasteiger partial charge in [-0.2, -0.15) is 0 Å². The predicted molar refractivity (Wildman–Crippen MR) is 98.8 cm³/mol. The van der Waals surface area contributed by atoms with Crippen LogP contribution in [0.25, 0.3) is 0 Å². The third-order valence-electron chi connectivity index (χ3n) is 3.93. The molecule has 2 aromatic rings. The number of amides is 1. The molecule has 1 amide bonds. The van der Waals surface area contributed by atoms with E-state index >= 15 is 0 Å². The van der Waals surface area contributed by atoms with Crippen molar-refractivity contribution in [3.63, 3.8) is 0 Å². The molecule has 0 spiro atoms. The van der Waals surface area contributed by atoms with Gasteiger partial charge in [-0.15, -0.1) is 0 Å². The molecule has 2 aromatic carbocycles. The molecule has 0 aliphatic rings. The Morgan fingerprint density at radius 2 is 1.80 bits per heavy atom. The second-order valence-corrected chi connectivity index (χ2v) is 5.84. The lowest BCUT2D eigenvalue weighted by Gasteiger charge is -2.20. The fraction of sp³-hybridized carbons (Fsp3) is 0.350. The fourth-order valence-electron chi connectivity index (χ4n) is 2.52. The highest BCUT2D eigenvalue weighted by Crippen LogP contribution is 2.29. The van der Waals surface area contributed by atoms with Crippen molar-refractivity contribution < 1.29 is 19.0 Å². The lowest BCUT2D eigenvalue weighted by Crippen LogP contribution is -2.32. The van der Waals surface area contributed by atoms with E-state index in [1.165, 1.54) is 0 Å². The first kappa shape index (κ1) is 18.6. The summed E-state index contributed by atoms with van der Waals surface area (Å²) >= 11 is 0. The van der Waals surface area contributed by atoms with Crippen molar-refractivity contribution in [1.82, 2.24) is 0 Å². The van der Waals surface area contributed by atoms with Crippen LogP contribution >= 0.6 is 0 Å². The summed E-state index contributed by atoms with van der Waals surface area (Å²) in [5.74, 6) is 1.70. The molecule has 1 N–H and O–H groups in total. The van der Waals surface area contributed by atoms with E-state index < -0.39 is 6.10 Å². The van der Waals surface area contributed by atoms with Crippen LogP contribution in [0, 0.1) is 13.8 Å². The van der Waals surface area contributed by atoms with Crippen molar-refractivity contribution in [1.29, 1.82) is 0 Å². The van der Waals surface area contributed by atoms with E-state index in [2.05, 4.69) is 5.32 Å². The Kier molecular flexibility index (Phi) is 6.28. The van der Waals surface area contributed by atoms with E-state index in [1.807, 2.05) is 39.0 Å². The zero-order valence-electron chi connectivity index (χ0n) is 15.4. The first-order chi connectivity index (χ1) is 12.0. The van der Waals surface area contributed by atoms with E-state index in [1.54, 1.807) is 32.4 Å². The van der Waals surface area contributed by atoms with E-state index in [4.69, 9.17) is 14.2 Å². The molecule has 0 radical (unpaired) electrons. The highest BCUT2D eigenvalue weighted by atomic mass is 16.5. The minimum atomic E-state index is -0.590. The van der Waals surface area contributed by atoms with Crippen LogP contribution in [0.3, 0.4) is 0 Å². The summed E-state index contributed by atoms with van der Waals surface area (Å²) < 4.78 is 16.4. The van der Waals surface area contributed by atoms with Gasteiger partial charge in [0, 0.05) is 6.07 Å². The molecule has 0 aromatic heterocycles. The zero-order valence-corrected chi connectivity index (χ0v) is 15.4. The molecular formula is C20H25NO4. The molecule has 0 heterocycles. The average molecular weight is 343 g/mol. The highest BCUT2D eigenvalue weighted by Gasteiger charge is 2.20. The van der Waals surface area contributed by atoms with Gasteiger partial charge in [0.2, 0.25) is 0 Å². The normalized spacial score (nSPS) is 11.6. The maximum absolute atomic E-state index is 12.6. The summed E-state index contributed by atoms with van der Waals surface area (Å²) in [5.41, 5.74) is 2.74. The van der Waals surface area contributed by atoms with Gasteiger partial charge < -0.3 is 19.5 Å². The van der Waals surface area contributed by atoms with Crippen LogP contribution in [0.5, 0.6) is 17.2 Å². The van der Waals surface area contributed by atoms with E-state index in [-0.39, 0.29) is 5.91 Å². The van der Waals surface area contributed by atoms with Crippen LogP contribution < -0.4 is 19.5 Å². The molecular weight excluding hydrogens is 318 g/mol. The van der Waals surface area contributed by atoms with E-state index in [9.17, 15) is 4.79 Å². The number of ether oxygens (including phenoxy) is 3. The Balaban J connectivity index is 2.14. The summed E-state index contributed by atoms with van der Waals surface area (Å²) in [5, 5.41) is 2.87. The maximum Gasteiger partial charge on any atom is 0.265 e. The monoisotopic (exact) mass is 343 g/mol. The van der Waals surface area contributed by atoms with E-state index in [0.717, 1.165) is 11.1 Å². The number of hydrogen-bond acceptors (Lipinski definition) is 4. The van der Waals surface area contributed by atoms with Crippen molar-refractivity contribution in [2.45, 2.75) is 33.3 Å². The Labute approximate surface area is 148 Å². The van der Waals surface area contributed by atoms with Gasteiger partial charge in [-0.05, 0) is 44.0 Å². The number of rotatable bonds is 7. The quantitative estimate of drug-likeness (QED) is 0.822. The smallest absolute Gasteiger partial charge is 0.265 e. The number of carbonyl (C=O) groups is 1. The summed E-state index contributed by atoms with van der Waals surface area (Å²) in [7, 11) is 3.13. The second kappa shape index (κ2) is 8.42. The summed E-state index contributed by atoms with van der Waals surface area (Å²) in [6.07, 6.45) is -0.0364. The van der Waals surface area contributed by atoms with Crippen LogP contribution in [0.15, 0.2) is 36.4 Å². The second-order valence-electron chi connectivity index (χ2n) is 5.84. The Hall–Kier alpha value is -2.69. The molecule has 5 nitrogen and oxygen atoms in total. The molecule has 0 aliphatic carbocycles. The number of hydrogen-bond donors (Lipinski definition) is 1. The number of anilines is 1. The van der Waals surface area contributed by atoms with Crippen LogP contribution in [0.4, 0.5) is 5.69 Å². The largest absolute Gasteiger partial charge is 0.497 e. The van der Waals surface area contributed by atoms with Gasteiger partial charge >= 0.3 is 0 Å². The molecule has 25 heavy (non-hydrogen) atoms. The first-order valence-electron chi connectivity index (χ1n) is 8.25. The van der Waals surface area contributed by atoms with Crippen molar-refractivity contribution in [3.05, 3.63) is 47.5 Å². The highest BCUT2D eigenvalue weighted by molar-refractivity contribution is 5.95. The standard InChI is InChI=1S/C20H25NO4/c1-6-17(25-18-10-7-13(2)11-14(18)3)20(22)21-16-9-8-15(23-4)12-19(16)24-5/h7-12,17H,6H2,1-5H3,(H,21,22)/t17-/m1/s1. The summed E-state index contributed by atoms with van der Waals surface area (Å²) in [4.78, 5) is 12.6. The number of methoxy groups -OCH3 is 2. The maximum atomic E-state index is 12.6. The number of benzene rings is 2. The third-order valence-corrected chi connectivity index (χ3v) is 3.93. The number of nitrogens with one attached hydrogen (secondary N) is 1. The van der Waals surface area contributed by atoms with Crippen molar-refractivity contribution in [2.24, 2.45) is 0 Å². The molecule has 0 saturated heterocycles. The fourth-order valence-corrected chi connectivity index (χ4v) is 2.52. The molecule has 5 heteroatoms. The van der Waals surface area contributed by atoms with E-state index in [0.29, 0.717) is 29.4 Å². The average Bonchev–Trinajstić information content (AvgIpc) is 2.61. The molecule has 1 atom stereocenters. The molecule has 0 unspecified atom stereocenters. The van der Waals surface area contributed by atoms with Gasteiger partial charge in [0.05, 0.1) is 19.9 Å². The Bertz CT molecular complexity index is 742. The lowest BCUT2D eigenvalue weighted by molar-refractivity contribution is -0.122. The lowest BCUT2D eigenvalue weighted by atomic mass is 10.1. The SMILES string of the molecule is CC[C@@H](Oc1ccc(C)cc1C)C(=O)Nc1ccc(OC)cc1OC. The topological polar surface area (TPSA) is 56.8 Å². The van der Waals surface area contributed by atoms with Crippen molar-refractivity contribution >= 4 is 11.6 Å². The van der Waals surface area contributed by atoms with Gasteiger partial charge in [-0.1, -0.05) is 24.6 Å². The Morgan fingerprint density at radius 1 is 1.04 bits per heavy atom. The van der Waals surface area contributed by atoms with Gasteiger partial charge in [0.1, 0.15) is 17.2 Å². The molecule has 2 rings (SSSR count). The third kappa shape index (κ3) is 4.66. The molecule has 0 bridgehead atoms.